The molecule has 4 aromatic rings. The molecule has 1 aliphatic rings. The van der Waals surface area contributed by atoms with Gasteiger partial charge in [0.05, 0.1) is 21.2 Å². The number of para-hydroxylation sites is 2. The van der Waals surface area contributed by atoms with Crippen molar-refractivity contribution in [1.29, 1.82) is 0 Å². The number of nitrogens with zero attached hydrogens (tertiary/aromatic N) is 3. The van der Waals surface area contributed by atoms with E-state index in [-0.39, 0.29) is 11.6 Å². The lowest BCUT2D eigenvalue weighted by molar-refractivity contribution is -0.384. The minimum atomic E-state index is -0.447. The third kappa shape index (κ3) is 4.39. The van der Waals surface area contributed by atoms with Crippen LogP contribution < -0.4 is 4.90 Å². The molecule has 0 atom stereocenters. The molecule has 7 nitrogen and oxygen atoms in total. The fraction of sp³-hybridized carbons (Fsp3) is 0. The molecule has 1 saturated heterocycles. The number of amides is 1. The minimum absolute atomic E-state index is 0.0110. The second kappa shape index (κ2) is 9.21. The zero-order valence-electron chi connectivity index (χ0n) is 17.7. The maximum absolute atomic E-state index is 13.3. The lowest BCUT2D eigenvalue weighted by Gasteiger charge is -2.15. The van der Waals surface area contributed by atoms with Crippen molar-refractivity contribution in [2.24, 2.45) is 4.99 Å². The molecule has 34 heavy (non-hydrogen) atoms. The summed E-state index contributed by atoms with van der Waals surface area (Å²) in [5, 5.41) is 11.4. The van der Waals surface area contributed by atoms with Gasteiger partial charge in [0.2, 0.25) is 0 Å². The molecule has 1 aromatic heterocycles. The van der Waals surface area contributed by atoms with Gasteiger partial charge in [-0.3, -0.25) is 19.8 Å². The van der Waals surface area contributed by atoms with Crippen LogP contribution >= 0.6 is 11.8 Å². The summed E-state index contributed by atoms with van der Waals surface area (Å²) in [7, 11) is 0. The van der Waals surface area contributed by atoms with E-state index in [1.165, 1.54) is 23.9 Å². The monoisotopic (exact) mass is 467 g/mol. The van der Waals surface area contributed by atoms with Crippen molar-refractivity contribution in [2.75, 3.05) is 4.90 Å². The highest BCUT2D eigenvalue weighted by molar-refractivity contribution is 8.19. The largest absolute Gasteiger partial charge is 0.457 e. The third-order valence-corrected chi connectivity index (χ3v) is 6.03. The summed E-state index contributed by atoms with van der Waals surface area (Å²) in [6.45, 7) is 0. The van der Waals surface area contributed by atoms with Crippen molar-refractivity contribution in [3.05, 3.63) is 118 Å². The molecule has 1 fully saturated rings. The molecule has 0 spiro atoms. The Bertz CT molecular complexity index is 1410. The molecule has 3 aromatic carbocycles. The molecule has 0 saturated carbocycles. The summed E-state index contributed by atoms with van der Waals surface area (Å²) in [5.41, 5.74) is 2.19. The van der Waals surface area contributed by atoms with E-state index in [0.29, 0.717) is 27.2 Å². The van der Waals surface area contributed by atoms with E-state index in [1.54, 1.807) is 35.2 Å². The Morgan fingerprint density at radius 3 is 2.24 bits per heavy atom. The smallest absolute Gasteiger partial charge is 0.271 e. The Morgan fingerprint density at radius 1 is 0.882 bits per heavy atom. The number of hydrogen-bond donors (Lipinski definition) is 0. The van der Waals surface area contributed by atoms with Crippen LogP contribution in [0, 0.1) is 10.1 Å². The molecule has 0 N–H and O–H groups in total. The van der Waals surface area contributed by atoms with Crippen LogP contribution in [0.15, 0.2) is 111 Å². The van der Waals surface area contributed by atoms with Gasteiger partial charge in [-0.05, 0) is 60.3 Å². The Labute approximate surface area is 199 Å². The molecule has 2 heterocycles. The number of nitro benzene ring substituents is 1. The molecule has 0 bridgehead atoms. The van der Waals surface area contributed by atoms with Crippen LogP contribution in [0.3, 0.4) is 0 Å². The highest BCUT2D eigenvalue weighted by atomic mass is 32.2. The van der Waals surface area contributed by atoms with Crippen molar-refractivity contribution < 1.29 is 14.1 Å². The van der Waals surface area contributed by atoms with Crippen molar-refractivity contribution >= 4 is 46.0 Å². The van der Waals surface area contributed by atoms with Crippen LogP contribution in [-0.4, -0.2) is 16.0 Å². The molecule has 8 heteroatoms. The van der Waals surface area contributed by atoms with Crippen molar-refractivity contribution in [1.82, 2.24) is 0 Å². The summed E-state index contributed by atoms with van der Waals surface area (Å²) in [6, 6.07) is 28.5. The van der Waals surface area contributed by atoms with E-state index >= 15 is 0 Å². The topological polar surface area (TPSA) is 88.9 Å². The zero-order chi connectivity index (χ0) is 23.5. The summed E-state index contributed by atoms with van der Waals surface area (Å²) < 4.78 is 5.90. The number of nitro groups is 1. The number of rotatable bonds is 5. The Balaban J connectivity index is 1.47. The number of anilines is 1. The first kappa shape index (κ1) is 21.4. The maximum Gasteiger partial charge on any atom is 0.271 e. The number of non-ortho nitro benzene ring substituents is 1. The quantitative estimate of drug-likeness (QED) is 0.186. The minimum Gasteiger partial charge on any atom is -0.457 e. The van der Waals surface area contributed by atoms with Crippen molar-refractivity contribution in [2.45, 2.75) is 0 Å². The van der Waals surface area contributed by atoms with Crippen LogP contribution in [0.25, 0.3) is 17.4 Å². The zero-order valence-corrected chi connectivity index (χ0v) is 18.5. The molecular weight excluding hydrogens is 450 g/mol. The van der Waals surface area contributed by atoms with Gasteiger partial charge < -0.3 is 4.42 Å². The number of carbonyl (C=O) groups is 1. The second-order valence-corrected chi connectivity index (χ2v) is 8.33. The van der Waals surface area contributed by atoms with Crippen LogP contribution in [-0.2, 0) is 4.79 Å². The summed E-state index contributed by atoms with van der Waals surface area (Å²) in [4.78, 5) is 30.5. The number of hydrogen-bond acceptors (Lipinski definition) is 6. The molecule has 166 valence electrons. The average molecular weight is 468 g/mol. The van der Waals surface area contributed by atoms with E-state index in [2.05, 4.69) is 0 Å². The molecule has 0 aliphatic carbocycles. The van der Waals surface area contributed by atoms with E-state index in [9.17, 15) is 14.9 Å². The first-order chi connectivity index (χ1) is 16.6. The molecule has 5 rings (SSSR count). The van der Waals surface area contributed by atoms with Gasteiger partial charge in [0.25, 0.3) is 11.6 Å². The van der Waals surface area contributed by atoms with E-state index in [0.717, 1.165) is 11.4 Å². The van der Waals surface area contributed by atoms with Gasteiger partial charge >= 0.3 is 0 Å². The predicted molar refractivity (Wildman–Crippen MR) is 134 cm³/mol. The lowest BCUT2D eigenvalue weighted by atomic mass is 10.1. The normalized spacial score (nSPS) is 15.9. The van der Waals surface area contributed by atoms with Crippen LogP contribution in [0.4, 0.5) is 17.1 Å². The Hall–Kier alpha value is -4.43. The number of aliphatic imine (C=N–C) groups is 1. The number of carbonyl (C=O) groups excluding carboxylic acids is 1. The first-order valence-electron chi connectivity index (χ1n) is 10.4. The van der Waals surface area contributed by atoms with Gasteiger partial charge in [0.1, 0.15) is 11.5 Å². The Morgan fingerprint density at radius 2 is 1.56 bits per heavy atom. The van der Waals surface area contributed by atoms with Gasteiger partial charge in [-0.15, -0.1) is 0 Å². The van der Waals surface area contributed by atoms with Gasteiger partial charge in [-0.2, -0.15) is 0 Å². The molecule has 1 amide bonds. The highest BCUT2D eigenvalue weighted by Crippen LogP contribution is 2.37. The molecule has 0 radical (unpaired) electrons. The van der Waals surface area contributed by atoms with Gasteiger partial charge in [0.15, 0.2) is 5.17 Å². The number of amidine groups is 1. The second-order valence-electron chi connectivity index (χ2n) is 7.32. The fourth-order valence-corrected chi connectivity index (χ4v) is 4.41. The average Bonchev–Trinajstić information content (AvgIpc) is 3.45. The van der Waals surface area contributed by atoms with Crippen LogP contribution in [0.1, 0.15) is 5.76 Å². The van der Waals surface area contributed by atoms with Gasteiger partial charge in [0, 0.05) is 23.8 Å². The first-order valence-corrected chi connectivity index (χ1v) is 11.2. The number of benzene rings is 3. The molecule has 0 unspecified atom stereocenters. The maximum atomic E-state index is 13.3. The predicted octanol–water partition coefficient (Wildman–Crippen LogP) is 6.66. The molecule has 1 aliphatic heterocycles. The SMILES string of the molecule is O=C1/C(=C\c2ccc(-c3ccc([N+](=O)[O-])cc3)o2)SC(=Nc2ccccc2)N1c1ccccc1. The van der Waals surface area contributed by atoms with Gasteiger partial charge in [-0.1, -0.05) is 36.4 Å². The molecular formula is C26H17N3O4S. The lowest BCUT2D eigenvalue weighted by Crippen LogP contribution is -2.28. The van der Waals surface area contributed by atoms with Crippen molar-refractivity contribution in [3.63, 3.8) is 0 Å². The third-order valence-electron chi connectivity index (χ3n) is 5.06. The van der Waals surface area contributed by atoms with Crippen LogP contribution in [0.5, 0.6) is 0 Å². The van der Waals surface area contributed by atoms with E-state index < -0.39 is 4.92 Å². The highest BCUT2D eigenvalue weighted by Gasteiger charge is 2.35. The number of thioether (sulfide) groups is 1. The Kier molecular flexibility index (Phi) is 5.80. The van der Waals surface area contributed by atoms with E-state index in [4.69, 9.17) is 9.41 Å². The fourth-order valence-electron chi connectivity index (χ4n) is 3.43. The van der Waals surface area contributed by atoms with Gasteiger partial charge in [-0.25, -0.2) is 4.99 Å². The summed E-state index contributed by atoms with van der Waals surface area (Å²) in [5.74, 6) is 0.854. The van der Waals surface area contributed by atoms with Crippen molar-refractivity contribution in [3.8, 4) is 11.3 Å². The van der Waals surface area contributed by atoms with E-state index in [1.807, 2.05) is 60.7 Å². The summed E-state index contributed by atoms with van der Waals surface area (Å²) in [6.07, 6.45) is 1.69. The number of furan rings is 1. The summed E-state index contributed by atoms with van der Waals surface area (Å²) >= 11 is 1.27. The standard InChI is InChI=1S/C26H17N3O4S/c30-25-24(17-22-15-16-23(33-22)18-11-13-21(14-12-18)29(31)32)34-26(27-19-7-3-1-4-8-19)28(25)20-9-5-2-6-10-20/h1-17H/b24-17+,27-26?. The van der Waals surface area contributed by atoms with Crippen LogP contribution in [0.2, 0.25) is 0 Å².